The van der Waals surface area contributed by atoms with E-state index >= 15 is 0 Å². The fourth-order valence-electron chi connectivity index (χ4n) is 4.74. The molecule has 5 nitrogen and oxygen atoms in total. The van der Waals surface area contributed by atoms with Crippen LogP contribution >= 0.6 is 0 Å². The summed E-state index contributed by atoms with van der Waals surface area (Å²) in [6, 6.07) is 13.7. The zero-order valence-electron chi connectivity index (χ0n) is 22.7. The van der Waals surface area contributed by atoms with Crippen LogP contribution in [0.5, 0.6) is 5.75 Å². The summed E-state index contributed by atoms with van der Waals surface area (Å²) in [4.78, 5) is 24.7. The second kappa shape index (κ2) is 10.3. The maximum absolute atomic E-state index is 13.1. The molecule has 0 aliphatic carbocycles. The molecule has 0 atom stereocenters. The minimum absolute atomic E-state index is 0.266. The maximum atomic E-state index is 13.1. The monoisotopic (exact) mass is 490 g/mol. The van der Waals surface area contributed by atoms with Crippen molar-refractivity contribution in [2.75, 3.05) is 0 Å². The molecule has 0 aliphatic rings. The molecule has 192 valence electrons. The largest absolute Gasteiger partial charge is 0.488 e. The highest BCUT2D eigenvalue weighted by Gasteiger charge is 2.33. The second-order valence-electron chi connectivity index (χ2n) is 11.2. The lowest BCUT2D eigenvalue weighted by atomic mass is 9.89. The number of fused-ring (bicyclic) bond motifs is 1. The highest BCUT2D eigenvalue weighted by molar-refractivity contribution is 5.83. The van der Waals surface area contributed by atoms with E-state index in [4.69, 9.17) is 13.9 Å². The summed E-state index contributed by atoms with van der Waals surface area (Å²) in [5.41, 5.74) is 2.53. The van der Waals surface area contributed by atoms with Crippen molar-refractivity contribution in [2.45, 2.75) is 84.8 Å². The van der Waals surface area contributed by atoms with Crippen molar-refractivity contribution in [3.05, 3.63) is 76.7 Å². The first-order valence-electron chi connectivity index (χ1n) is 12.5. The van der Waals surface area contributed by atoms with Crippen LogP contribution < -0.4 is 10.4 Å². The zero-order valence-corrected chi connectivity index (χ0v) is 22.7. The number of hydrogen-bond donors (Lipinski definition) is 0. The van der Waals surface area contributed by atoms with Gasteiger partial charge < -0.3 is 13.9 Å². The van der Waals surface area contributed by atoms with Crippen LogP contribution in [0, 0.1) is 0 Å². The van der Waals surface area contributed by atoms with Crippen molar-refractivity contribution in [1.29, 1.82) is 0 Å². The molecule has 0 saturated heterocycles. The van der Waals surface area contributed by atoms with Crippen LogP contribution in [0.3, 0.4) is 0 Å². The molecule has 0 bridgehead atoms. The molecule has 0 aliphatic heterocycles. The minimum Gasteiger partial charge on any atom is -0.488 e. The van der Waals surface area contributed by atoms with Crippen LogP contribution in [0.1, 0.15) is 84.8 Å². The predicted molar refractivity (Wildman–Crippen MR) is 146 cm³/mol. The van der Waals surface area contributed by atoms with E-state index in [1.807, 2.05) is 52.0 Å². The van der Waals surface area contributed by atoms with E-state index < -0.39 is 17.2 Å². The minimum atomic E-state index is -0.744. The van der Waals surface area contributed by atoms with Crippen molar-refractivity contribution in [1.82, 2.24) is 0 Å². The summed E-state index contributed by atoms with van der Waals surface area (Å²) >= 11 is 0. The van der Waals surface area contributed by atoms with E-state index in [2.05, 4.69) is 46.4 Å². The van der Waals surface area contributed by atoms with Gasteiger partial charge in [0.05, 0.1) is 5.56 Å². The van der Waals surface area contributed by atoms with E-state index in [1.165, 1.54) is 5.56 Å². The molecule has 0 amide bonds. The lowest BCUT2D eigenvalue weighted by Gasteiger charge is -2.34. The van der Waals surface area contributed by atoms with Gasteiger partial charge in [0.25, 0.3) is 0 Å². The standard InChI is InChI=1S/C31H38O5/c1-10-28(32)36-31(8,9)18-30(6,7)35-23-13-11-22-16-26(29(33)34-27(22)17-23)24-14-12-21(19(2)3)15-25(24)20(4)5/h10-17,19-20H,1,18H2,2-9H3. The molecule has 0 saturated carbocycles. The van der Waals surface area contributed by atoms with Gasteiger partial charge >= 0.3 is 11.6 Å². The number of benzene rings is 2. The molecular weight excluding hydrogens is 452 g/mol. The van der Waals surface area contributed by atoms with Gasteiger partial charge in [-0.15, -0.1) is 0 Å². The molecule has 3 aromatic rings. The van der Waals surface area contributed by atoms with Gasteiger partial charge in [-0.2, -0.15) is 0 Å². The molecule has 0 unspecified atom stereocenters. The molecule has 0 fully saturated rings. The van der Waals surface area contributed by atoms with Crippen LogP contribution in [0.25, 0.3) is 22.1 Å². The van der Waals surface area contributed by atoms with E-state index in [0.29, 0.717) is 29.2 Å². The van der Waals surface area contributed by atoms with Crippen molar-refractivity contribution in [3.63, 3.8) is 0 Å². The predicted octanol–water partition coefficient (Wildman–Crippen LogP) is 7.76. The molecule has 5 heteroatoms. The first kappa shape index (κ1) is 27.3. The molecular formula is C31H38O5. The van der Waals surface area contributed by atoms with Gasteiger partial charge in [-0.25, -0.2) is 9.59 Å². The Morgan fingerprint density at radius 2 is 1.64 bits per heavy atom. The van der Waals surface area contributed by atoms with Crippen molar-refractivity contribution >= 4 is 16.9 Å². The zero-order chi connectivity index (χ0) is 26.8. The highest BCUT2D eigenvalue weighted by atomic mass is 16.6. The summed E-state index contributed by atoms with van der Waals surface area (Å²) in [7, 11) is 0. The quantitative estimate of drug-likeness (QED) is 0.174. The SMILES string of the molecule is C=CC(=O)OC(C)(C)CC(C)(C)Oc1ccc2cc(-c3ccc(C(C)C)cc3C(C)C)c(=O)oc2c1. The Hall–Kier alpha value is -3.34. The van der Waals surface area contributed by atoms with Gasteiger partial charge in [-0.3, -0.25) is 0 Å². The normalized spacial score (nSPS) is 12.3. The Balaban J connectivity index is 1.93. The molecule has 1 aromatic heterocycles. The third-order valence-electron chi connectivity index (χ3n) is 6.15. The average Bonchev–Trinajstić information content (AvgIpc) is 2.76. The number of rotatable bonds is 9. The summed E-state index contributed by atoms with van der Waals surface area (Å²) in [6.45, 7) is 19.6. The molecule has 0 radical (unpaired) electrons. The van der Waals surface area contributed by atoms with Crippen LogP contribution in [0.15, 0.2) is 64.3 Å². The van der Waals surface area contributed by atoms with Crippen LogP contribution in [0.2, 0.25) is 0 Å². The summed E-state index contributed by atoms with van der Waals surface area (Å²) in [5, 5.41) is 0.817. The Bertz CT molecular complexity index is 1320. The lowest BCUT2D eigenvalue weighted by molar-refractivity contribution is -0.154. The Morgan fingerprint density at radius 3 is 2.25 bits per heavy atom. The van der Waals surface area contributed by atoms with Gasteiger partial charge in [0.15, 0.2) is 0 Å². The van der Waals surface area contributed by atoms with E-state index in [0.717, 1.165) is 22.6 Å². The highest BCUT2D eigenvalue weighted by Crippen LogP contribution is 2.34. The molecule has 1 heterocycles. The van der Waals surface area contributed by atoms with Crippen LogP contribution in [0.4, 0.5) is 0 Å². The molecule has 0 N–H and O–H groups in total. The van der Waals surface area contributed by atoms with Gasteiger partial charge in [-0.05, 0) is 74.4 Å². The number of carbonyl (C=O) groups is 1. The second-order valence-corrected chi connectivity index (χ2v) is 11.2. The Morgan fingerprint density at radius 1 is 0.944 bits per heavy atom. The van der Waals surface area contributed by atoms with Crippen LogP contribution in [-0.4, -0.2) is 17.2 Å². The number of esters is 1. The van der Waals surface area contributed by atoms with E-state index in [-0.39, 0.29) is 11.5 Å². The van der Waals surface area contributed by atoms with Gasteiger partial charge in [-0.1, -0.05) is 52.5 Å². The van der Waals surface area contributed by atoms with Gasteiger partial charge in [0, 0.05) is 23.9 Å². The third kappa shape index (κ3) is 6.45. The van der Waals surface area contributed by atoms with E-state index in [9.17, 15) is 9.59 Å². The topological polar surface area (TPSA) is 65.7 Å². The van der Waals surface area contributed by atoms with Crippen molar-refractivity contribution in [3.8, 4) is 16.9 Å². The molecule has 2 aromatic carbocycles. The number of hydrogen-bond acceptors (Lipinski definition) is 5. The first-order chi connectivity index (χ1) is 16.7. The van der Waals surface area contributed by atoms with Gasteiger partial charge in [0.1, 0.15) is 22.5 Å². The lowest BCUT2D eigenvalue weighted by Crippen LogP contribution is -2.40. The molecule has 0 spiro atoms. The average molecular weight is 491 g/mol. The molecule has 36 heavy (non-hydrogen) atoms. The van der Waals surface area contributed by atoms with Crippen molar-refractivity contribution in [2.24, 2.45) is 0 Å². The maximum Gasteiger partial charge on any atom is 0.344 e. The van der Waals surface area contributed by atoms with Gasteiger partial charge in [0.2, 0.25) is 0 Å². The fourth-order valence-corrected chi connectivity index (χ4v) is 4.74. The van der Waals surface area contributed by atoms with Crippen molar-refractivity contribution < 1.29 is 18.7 Å². The summed E-state index contributed by atoms with van der Waals surface area (Å²) in [5.74, 6) is 0.769. The van der Waals surface area contributed by atoms with Crippen LogP contribution in [-0.2, 0) is 9.53 Å². The Kier molecular flexibility index (Phi) is 7.82. The summed E-state index contributed by atoms with van der Waals surface area (Å²) in [6.07, 6.45) is 1.60. The number of ether oxygens (including phenoxy) is 2. The summed E-state index contributed by atoms with van der Waals surface area (Å²) < 4.78 is 17.4. The number of carbonyl (C=O) groups excluding carboxylic acids is 1. The smallest absolute Gasteiger partial charge is 0.344 e. The molecule has 3 rings (SSSR count). The Labute approximate surface area is 214 Å². The fraction of sp³-hybridized carbons (Fsp3) is 0.419. The third-order valence-corrected chi connectivity index (χ3v) is 6.15. The van der Waals surface area contributed by atoms with E-state index in [1.54, 1.807) is 6.07 Å². The first-order valence-corrected chi connectivity index (χ1v) is 12.5.